The molecule has 0 N–H and O–H groups in total. The van der Waals surface area contributed by atoms with E-state index in [0.717, 1.165) is 41.8 Å². The molecule has 1 amide bonds. The maximum absolute atomic E-state index is 12.6. The number of anilines is 1. The minimum Gasteiger partial charge on any atom is -0.486 e. The van der Waals surface area contributed by atoms with Crippen molar-refractivity contribution in [3.05, 3.63) is 71.8 Å². The molecule has 3 nitrogen and oxygen atoms in total. The summed E-state index contributed by atoms with van der Waals surface area (Å²) in [6.07, 6.45) is -1.80. The SMILES string of the molecule is C=CC(=O)N(C)c1ccc2c(c1)CCC2Oc1ccc(C(F)(F)F)cc1. The van der Waals surface area contributed by atoms with Gasteiger partial charge < -0.3 is 9.64 Å². The molecule has 1 atom stereocenters. The third kappa shape index (κ3) is 3.59. The quantitative estimate of drug-likeness (QED) is 0.724. The average molecular weight is 361 g/mol. The molecule has 0 bridgehead atoms. The lowest BCUT2D eigenvalue weighted by molar-refractivity contribution is -0.137. The molecule has 2 aromatic rings. The maximum Gasteiger partial charge on any atom is 0.416 e. The summed E-state index contributed by atoms with van der Waals surface area (Å²) >= 11 is 0. The Bertz CT molecular complexity index is 828. The van der Waals surface area contributed by atoms with Gasteiger partial charge in [0.1, 0.15) is 11.9 Å². The predicted molar refractivity (Wildman–Crippen MR) is 93.2 cm³/mol. The number of fused-ring (bicyclic) bond motifs is 1. The molecule has 1 unspecified atom stereocenters. The fraction of sp³-hybridized carbons (Fsp3) is 0.250. The first-order valence-corrected chi connectivity index (χ1v) is 8.16. The van der Waals surface area contributed by atoms with Crippen LogP contribution in [-0.2, 0) is 17.4 Å². The molecular weight excluding hydrogens is 343 g/mol. The van der Waals surface area contributed by atoms with Gasteiger partial charge in [-0.1, -0.05) is 12.6 Å². The van der Waals surface area contributed by atoms with Gasteiger partial charge in [0, 0.05) is 12.7 Å². The molecule has 0 aromatic heterocycles. The second-order valence-electron chi connectivity index (χ2n) is 6.15. The molecule has 0 spiro atoms. The van der Waals surface area contributed by atoms with Crippen molar-refractivity contribution in [2.75, 3.05) is 11.9 Å². The van der Waals surface area contributed by atoms with Gasteiger partial charge in [-0.05, 0) is 66.4 Å². The van der Waals surface area contributed by atoms with Crippen LogP contribution in [0.3, 0.4) is 0 Å². The van der Waals surface area contributed by atoms with Crippen LogP contribution in [0.2, 0.25) is 0 Å². The van der Waals surface area contributed by atoms with E-state index < -0.39 is 11.7 Å². The minimum absolute atomic E-state index is 0.194. The van der Waals surface area contributed by atoms with Crippen molar-refractivity contribution in [1.29, 1.82) is 0 Å². The zero-order valence-corrected chi connectivity index (χ0v) is 14.2. The van der Waals surface area contributed by atoms with Crippen LogP contribution in [0, 0.1) is 0 Å². The summed E-state index contributed by atoms with van der Waals surface area (Å²) in [5.41, 5.74) is 2.14. The van der Waals surface area contributed by atoms with E-state index in [2.05, 4.69) is 6.58 Å². The van der Waals surface area contributed by atoms with Crippen LogP contribution in [-0.4, -0.2) is 13.0 Å². The standard InChI is InChI=1S/C20H18F3NO2/c1-3-19(25)24(2)15-7-10-17-13(12-15)4-11-18(17)26-16-8-5-14(6-9-16)20(21,22)23/h3,5-10,12,18H,1,4,11H2,2H3. The van der Waals surface area contributed by atoms with Crippen molar-refractivity contribution < 1.29 is 22.7 Å². The molecule has 1 aliphatic carbocycles. The molecule has 2 aromatic carbocycles. The summed E-state index contributed by atoms with van der Waals surface area (Å²) in [6.45, 7) is 3.48. The largest absolute Gasteiger partial charge is 0.486 e. The van der Waals surface area contributed by atoms with Crippen molar-refractivity contribution >= 4 is 11.6 Å². The lowest BCUT2D eigenvalue weighted by atomic mass is 10.1. The molecule has 136 valence electrons. The Morgan fingerprint density at radius 1 is 1.23 bits per heavy atom. The van der Waals surface area contributed by atoms with E-state index in [1.807, 2.05) is 18.2 Å². The van der Waals surface area contributed by atoms with E-state index in [9.17, 15) is 18.0 Å². The van der Waals surface area contributed by atoms with E-state index in [-0.39, 0.29) is 12.0 Å². The van der Waals surface area contributed by atoms with Gasteiger partial charge in [0.2, 0.25) is 5.91 Å². The van der Waals surface area contributed by atoms with Crippen LogP contribution < -0.4 is 9.64 Å². The average Bonchev–Trinajstić information content (AvgIpc) is 3.02. The van der Waals surface area contributed by atoms with Gasteiger partial charge in [0.25, 0.3) is 0 Å². The number of hydrogen-bond acceptors (Lipinski definition) is 2. The van der Waals surface area contributed by atoms with Crippen molar-refractivity contribution in [3.8, 4) is 5.75 Å². The van der Waals surface area contributed by atoms with E-state index >= 15 is 0 Å². The second-order valence-corrected chi connectivity index (χ2v) is 6.15. The van der Waals surface area contributed by atoms with E-state index in [4.69, 9.17) is 4.74 Å². The third-order valence-electron chi connectivity index (χ3n) is 4.50. The van der Waals surface area contributed by atoms with Gasteiger partial charge in [-0.25, -0.2) is 0 Å². The Morgan fingerprint density at radius 3 is 2.54 bits per heavy atom. The van der Waals surface area contributed by atoms with Crippen LogP contribution in [0.5, 0.6) is 5.75 Å². The van der Waals surface area contributed by atoms with E-state index in [0.29, 0.717) is 5.75 Å². The number of likely N-dealkylation sites (N-methyl/N-ethyl adjacent to an activating group) is 1. The minimum atomic E-state index is -4.36. The first-order chi connectivity index (χ1) is 12.3. The van der Waals surface area contributed by atoms with Crippen LogP contribution >= 0.6 is 0 Å². The number of aryl methyl sites for hydroxylation is 1. The Labute approximate surface area is 149 Å². The Balaban J connectivity index is 1.76. The van der Waals surface area contributed by atoms with Gasteiger partial charge >= 0.3 is 6.18 Å². The number of rotatable bonds is 4. The van der Waals surface area contributed by atoms with E-state index in [1.54, 1.807) is 7.05 Å². The molecule has 6 heteroatoms. The zero-order chi connectivity index (χ0) is 18.9. The molecule has 0 saturated carbocycles. The van der Waals surface area contributed by atoms with Crippen molar-refractivity contribution in [2.24, 2.45) is 0 Å². The number of halogens is 3. The van der Waals surface area contributed by atoms with Crippen LogP contribution in [0.4, 0.5) is 18.9 Å². The third-order valence-corrected chi connectivity index (χ3v) is 4.50. The predicted octanol–water partition coefficient (Wildman–Crippen LogP) is 4.92. The summed E-state index contributed by atoms with van der Waals surface area (Å²) < 4.78 is 43.8. The first kappa shape index (κ1) is 18.0. The number of carbonyl (C=O) groups excluding carboxylic acids is 1. The summed E-state index contributed by atoms with van der Waals surface area (Å²) in [4.78, 5) is 13.2. The highest BCUT2D eigenvalue weighted by molar-refractivity contribution is 6.00. The van der Waals surface area contributed by atoms with E-state index in [1.165, 1.54) is 23.1 Å². The zero-order valence-electron chi connectivity index (χ0n) is 14.2. The number of nitrogens with zero attached hydrogens (tertiary/aromatic N) is 1. The molecule has 1 aliphatic rings. The summed E-state index contributed by atoms with van der Waals surface area (Å²) in [5, 5.41) is 0. The van der Waals surface area contributed by atoms with Gasteiger partial charge in [-0.3, -0.25) is 4.79 Å². The molecule has 3 rings (SSSR count). The highest BCUT2D eigenvalue weighted by Crippen LogP contribution is 2.37. The lowest BCUT2D eigenvalue weighted by Gasteiger charge is -2.18. The van der Waals surface area contributed by atoms with Crippen LogP contribution in [0.1, 0.15) is 29.2 Å². The second kappa shape index (κ2) is 6.86. The normalized spacial score (nSPS) is 16.1. The van der Waals surface area contributed by atoms with Crippen LogP contribution in [0.15, 0.2) is 55.1 Å². The van der Waals surface area contributed by atoms with Gasteiger partial charge in [0.05, 0.1) is 5.56 Å². The van der Waals surface area contributed by atoms with Gasteiger partial charge in [0.15, 0.2) is 0 Å². The smallest absolute Gasteiger partial charge is 0.416 e. The number of ether oxygens (including phenoxy) is 1. The molecule has 0 fully saturated rings. The maximum atomic E-state index is 12.6. The molecule has 0 saturated heterocycles. The van der Waals surface area contributed by atoms with Crippen molar-refractivity contribution in [2.45, 2.75) is 25.1 Å². The molecule has 26 heavy (non-hydrogen) atoms. The Kier molecular flexibility index (Phi) is 4.76. The van der Waals surface area contributed by atoms with Gasteiger partial charge in [-0.2, -0.15) is 13.2 Å². The fourth-order valence-corrected chi connectivity index (χ4v) is 3.05. The summed E-state index contributed by atoms with van der Waals surface area (Å²) in [6, 6.07) is 10.4. The lowest BCUT2D eigenvalue weighted by Crippen LogP contribution is -2.23. The highest BCUT2D eigenvalue weighted by Gasteiger charge is 2.30. The summed E-state index contributed by atoms with van der Waals surface area (Å²) in [7, 11) is 1.68. The Morgan fingerprint density at radius 2 is 1.92 bits per heavy atom. The number of benzene rings is 2. The summed E-state index contributed by atoms with van der Waals surface area (Å²) in [5.74, 6) is 0.208. The van der Waals surface area contributed by atoms with Gasteiger partial charge in [-0.15, -0.1) is 0 Å². The van der Waals surface area contributed by atoms with Crippen molar-refractivity contribution in [1.82, 2.24) is 0 Å². The number of amides is 1. The first-order valence-electron chi connectivity index (χ1n) is 8.16. The molecule has 0 aliphatic heterocycles. The fourth-order valence-electron chi connectivity index (χ4n) is 3.05. The Hall–Kier alpha value is -2.76. The topological polar surface area (TPSA) is 29.5 Å². The molecule has 0 heterocycles. The number of carbonyl (C=O) groups is 1. The molecular formula is C20H18F3NO2. The van der Waals surface area contributed by atoms with Crippen molar-refractivity contribution in [3.63, 3.8) is 0 Å². The number of alkyl halides is 3. The molecule has 0 radical (unpaired) electrons. The van der Waals surface area contributed by atoms with Crippen LogP contribution in [0.25, 0.3) is 0 Å². The number of hydrogen-bond donors (Lipinski definition) is 0. The monoisotopic (exact) mass is 361 g/mol. The highest BCUT2D eigenvalue weighted by atomic mass is 19.4.